The third-order valence-corrected chi connectivity index (χ3v) is 3.75. The van der Waals surface area contributed by atoms with Crippen molar-refractivity contribution in [3.05, 3.63) is 35.4 Å². The van der Waals surface area contributed by atoms with E-state index >= 15 is 0 Å². The molecule has 0 aromatic heterocycles. The molecule has 2 heteroatoms. The lowest BCUT2D eigenvalue weighted by Gasteiger charge is -2.31. The number of piperidine rings is 1. The van der Waals surface area contributed by atoms with Gasteiger partial charge < -0.3 is 10.2 Å². The van der Waals surface area contributed by atoms with Crippen LogP contribution in [0.5, 0.6) is 0 Å². The molecule has 1 fully saturated rings. The second-order valence-electron chi connectivity index (χ2n) is 5.38. The Morgan fingerprint density at radius 2 is 2.00 bits per heavy atom. The van der Waals surface area contributed by atoms with E-state index in [4.69, 9.17) is 0 Å². The van der Waals surface area contributed by atoms with E-state index in [0.29, 0.717) is 12.1 Å². The van der Waals surface area contributed by atoms with Gasteiger partial charge in [0.2, 0.25) is 0 Å². The fourth-order valence-electron chi connectivity index (χ4n) is 2.56. The van der Waals surface area contributed by atoms with Crippen molar-refractivity contribution in [3.8, 4) is 0 Å². The van der Waals surface area contributed by atoms with Crippen molar-refractivity contribution in [3.63, 3.8) is 0 Å². The number of hydrogen-bond acceptors (Lipinski definition) is 2. The fourth-order valence-corrected chi connectivity index (χ4v) is 2.56. The van der Waals surface area contributed by atoms with Crippen molar-refractivity contribution in [2.75, 3.05) is 20.1 Å². The number of likely N-dealkylation sites (tertiary alicyclic amines) is 1. The van der Waals surface area contributed by atoms with Gasteiger partial charge in [-0.1, -0.05) is 29.8 Å². The first-order chi connectivity index (χ1) is 8.15. The van der Waals surface area contributed by atoms with Gasteiger partial charge in [0.05, 0.1) is 0 Å². The molecule has 0 radical (unpaired) electrons. The van der Waals surface area contributed by atoms with E-state index in [0.717, 1.165) is 0 Å². The van der Waals surface area contributed by atoms with Crippen LogP contribution in [0.25, 0.3) is 0 Å². The summed E-state index contributed by atoms with van der Waals surface area (Å²) in [5.74, 6) is 0. The molecule has 94 valence electrons. The smallest absolute Gasteiger partial charge is 0.0294 e. The van der Waals surface area contributed by atoms with E-state index in [1.165, 1.54) is 37.1 Å². The van der Waals surface area contributed by atoms with E-state index in [2.05, 4.69) is 55.4 Å². The minimum Gasteiger partial charge on any atom is -0.307 e. The van der Waals surface area contributed by atoms with Gasteiger partial charge in [-0.05, 0) is 52.4 Å². The lowest BCUT2D eigenvalue weighted by Crippen LogP contribution is -2.41. The molecule has 1 atom stereocenters. The van der Waals surface area contributed by atoms with E-state index in [-0.39, 0.29) is 0 Å². The summed E-state index contributed by atoms with van der Waals surface area (Å²) in [5.41, 5.74) is 2.75. The molecule has 1 aliphatic heterocycles. The highest BCUT2D eigenvalue weighted by molar-refractivity contribution is 5.24. The molecule has 1 saturated heterocycles. The van der Waals surface area contributed by atoms with E-state index < -0.39 is 0 Å². The van der Waals surface area contributed by atoms with Crippen LogP contribution < -0.4 is 5.32 Å². The lowest BCUT2D eigenvalue weighted by molar-refractivity contribution is 0.226. The molecule has 17 heavy (non-hydrogen) atoms. The number of nitrogens with zero attached hydrogens (tertiary/aromatic N) is 1. The molecule has 0 spiro atoms. The molecular formula is C15H24N2. The third kappa shape index (κ3) is 3.55. The van der Waals surface area contributed by atoms with Crippen LogP contribution in [0, 0.1) is 6.92 Å². The average Bonchev–Trinajstić information content (AvgIpc) is 2.32. The molecule has 1 N–H and O–H groups in total. The quantitative estimate of drug-likeness (QED) is 0.862. The van der Waals surface area contributed by atoms with Crippen molar-refractivity contribution in [2.24, 2.45) is 0 Å². The van der Waals surface area contributed by atoms with Crippen LogP contribution in [-0.2, 0) is 0 Å². The van der Waals surface area contributed by atoms with Crippen LogP contribution in [0.15, 0.2) is 24.3 Å². The van der Waals surface area contributed by atoms with E-state index in [1.54, 1.807) is 0 Å². The fraction of sp³-hybridized carbons (Fsp3) is 0.600. The largest absolute Gasteiger partial charge is 0.307 e. The second-order valence-corrected chi connectivity index (χ2v) is 5.38. The summed E-state index contributed by atoms with van der Waals surface area (Å²) in [4.78, 5) is 2.41. The summed E-state index contributed by atoms with van der Waals surface area (Å²) < 4.78 is 0. The second kappa shape index (κ2) is 5.65. The van der Waals surface area contributed by atoms with Gasteiger partial charge in [0, 0.05) is 12.1 Å². The van der Waals surface area contributed by atoms with Gasteiger partial charge in [0.15, 0.2) is 0 Å². The van der Waals surface area contributed by atoms with Crippen LogP contribution >= 0.6 is 0 Å². The summed E-state index contributed by atoms with van der Waals surface area (Å²) in [7, 11) is 2.21. The molecule has 1 aromatic carbocycles. The summed E-state index contributed by atoms with van der Waals surface area (Å²) in [6, 6.07) is 9.96. The number of rotatable bonds is 3. The Bertz CT molecular complexity index is 354. The topological polar surface area (TPSA) is 15.3 Å². The summed E-state index contributed by atoms with van der Waals surface area (Å²) in [5, 5.41) is 3.76. The number of benzene rings is 1. The van der Waals surface area contributed by atoms with Crippen LogP contribution in [0.4, 0.5) is 0 Å². The van der Waals surface area contributed by atoms with E-state index in [9.17, 15) is 0 Å². The van der Waals surface area contributed by atoms with Gasteiger partial charge in [-0.2, -0.15) is 0 Å². The zero-order chi connectivity index (χ0) is 12.3. The number of hydrogen-bond donors (Lipinski definition) is 1. The van der Waals surface area contributed by atoms with Gasteiger partial charge in [0.1, 0.15) is 0 Å². The third-order valence-electron chi connectivity index (χ3n) is 3.75. The molecular weight excluding hydrogens is 208 g/mol. The molecule has 0 amide bonds. The SMILES string of the molecule is Cc1cccc(C(C)NC2CCN(C)CC2)c1. The Morgan fingerprint density at radius 1 is 1.29 bits per heavy atom. The van der Waals surface area contributed by atoms with Crippen molar-refractivity contribution in [2.45, 2.75) is 38.8 Å². The summed E-state index contributed by atoms with van der Waals surface area (Å²) >= 11 is 0. The Labute approximate surface area is 105 Å². The predicted molar refractivity (Wildman–Crippen MR) is 73.2 cm³/mol. The van der Waals surface area contributed by atoms with Crippen LogP contribution in [-0.4, -0.2) is 31.1 Å². The summed E-state index contributed by atoms with van der Waals surface area (Å²) in [6.07, 6.45) is 2.54. The Hall–Kier alpha value is -0.860. The van der Waals surface area contributed by atoms with Gasteiger partial charge in [-0.25, -0.2) is 0 Å². The maximum Gasteiger partial charge on any atom is 0.0294 e. The number of nitrogens with one attached hydrogen (secondary N) is 1. The minimum atomic E-state index is 0.461. The molecule has 2 rings (SSSR count). The average molecular weight is 232 g/mol. The van der Waals surface area contributed by atoms with Crippen LogP contribution in [0.2, 0.25) is 0 Å². The lowest BCUT2D eigenvalue weighted by atomic mass is 10.0. The number of aryl methyl sites for hydroxylation is 1. The van der Waals surface area contributed by atoms with Gasteiger partial charge in [-0.3, -0.25) is 0 Å². The predicted octanol–water partition coefficient (Wildman–Crippen LogP) is 2.74. The van der Waals surface area contributed by atoms with Gasteiger partial charge in [0.25, 0.3) is 0 Å². The Kier molecular flexibility index (Phi) is 4.19. The van der Waals surface area contributed by atoms with Crippen molar-refractivity contribution >= 4 is 0 Å². The highest BCUT2D eigenvalue weighted by atomic mass is 15.1. The zero-order valence-electron chi connectivity index (χ0n) is 11.2. The molecule has 1 aliphatic rings. The molecule has 1 heterocycles. The normalized spacial score (nSPS) is 20.4. The highest BCUT2D eigenvalue weighted by Crippen LogP contribution is 2.17. The van der Waals surface area contributed by atoms with Gasteiger partial charge >= 0.3 is 0 Å². The summed E-state index contributed by atoms with van der Waals surface area (Å²) in [6.45, 7) is 6.87. The van der Waals surface area contributed by atoms with Crippen LogP contribution in [0.3, 0.4) is 0 Å². The molecule has 2 nitrogen and oxygen atoms in total. The Morgan fingerprint density at radius 3 is 2.65 bits per heavy atom. The monoisotopic (exact) mass is 232 g/mol. The first-order valence-corrected chi connectivity index (χ1v) is 6.66. The van der Waals surface area contributed by atoms with Gasteiger partial charge in [-0.15, -0.1) is 0 Å². The first kappa shape index (κ1) is 12.6. The maximum atomic E-state index is 3.76. The van der Waals surface area contributed by atoms with Crippen molar-refractivity contribution in [1.82, 2.24) is 10.2 Å². The molecule has 0 saturated carbocycles. The minimum absolute atomic E-state index is 0.461. The Balaban J connectivity index is 1.90. The van der Waals surface area contributed by atoms with Crippen molar-refractivity contribution < 1.29 is 0 Å². The highest BCUT2D eigenvalue weighted by Gasteiger charge is 2.18. The van der Waals surface area contributed by atoms with Crippen molar-refractivity contribution in [1.29, 1.82) is 0 Å². The molecule has 0 aliphatic carbocycles. The van der Waals surface area contributed by atoms with Crippen LogP contribution in [0.1, 0.15) is 36.9 Å². The standard InChI is InChI=1S/C15H24N2/c1-12-5-4-6-14(11-12)13(2)16-15-7-9-17(3)10-8-15/h4-6,11,13,15-16H,7-10H2,1-3H3. The zero-order valence-corrected chi connectivity index (χ0v) is 11.2. The molecule has 0 bridgehead atoms. The maximum absolute atomic E-state index is 3.76. The molecule has 1 unspecified atom stereocenters. The first-order valence-electron chi connectivity index (χ1n) is 6.66. The van der Waals surface area contributed by atoms with E-state index in [1.807, 2.05) is 0 Å². The molecule has 1 aromatic rings.